The van der Waals surface area contributed by atoms with Gasteiger partial charge in [0.15, 0.2) is 5.82 Å². The molecule has 0 unspecified atom stereocenters. The molecular weight excluding hydrogens is 378 g/mol. The summed E-state index contributed by atoms with van der Waals surface area (Å²) in [5.41, 5.74) is 4.31. The first kappa shape index (κ1) is 17.4. The zero-order valence-corrected chi connectivity index (χ0v) is 16.0. The Balaban J connectivity index is 1.82. The number of rotatable bonds is 5. The molecule has 0 aliphatic rings. The standard InChI is InChI=1S/C19H20BrN5/c1-12(2)15-6-4-5-7-17(15)22-18-11-21-25-19(24-18)23-16-9-8-14(20)10-13(16)3/h4-12H,1-3H3,(H2,22,23,24,25). The SMILES string of the molecule is Cc1cc(Br)ccc1Nc1nncc(Nc2ccccc2C(C)C)n1. The largest absolute Gasteiger partial charge is 0.339 e. The van der Waals surface area contributed by atoms with Gasteiger partial charge in [0.2, 0.25) is 5.95 Å². The smallest absolute Gasteiger partial charge is 0.249 e. The number of halogens is 1. The van der Waals surface area contributed by atoms with Crippen LogP contribution in [-0.2, 0) is 0 Å². The molecule has 6 heteroatoms. The molecule has 1 aromatic heterocycles. The van der Waals surface area contributed by atoms with Gasteiger partial charge in [-0.1, -0.05) is 48.0 Å². The zero-order chi connectivity index (χ0) is 17.8. The lowest BCUT2D eigenvalue weighted by Gasteiger charge is -2.14. The predicted molar refractivity (Wildman–Crippen MR) is 106 cm³/mol. The van der Waals surface area contributed by atoms with Crippen LogP contribution in [0.15, 0.2) is 53.1 Å². The Morgan fingerprint density at radius 3 is 2.56 bits per heavy atom. The molecule has 3 aromatic rings. The van der Waals surface area contributed by atoms with Crippen molar-refractivity contribution in [2.75, 3.05) is 10.6 Å². The highest BCUT2D eigenvalue weighted by Crippen LogP contribution is 2.27. The van der Waals surface area contributed by atoms with E-state index in [9.17, 15) is 0 Å². The van der Waals surface area contributed by atoms with Gasteiger partial charge in [0.1, 0.15) is 0 Å². The van der Waals surface area contributed by atoms with E-state index in [-0.39, 0.29) is 0 Å². The second-order valence-corrected chi connectivity index (χ2v) is 7.03. The van der Waals surface area contributed by atoms with Crippen LogP contribution in [0.2, 0.25) is 0 Å². The minimum Gasteiger partial charge on any atom is -0.339 e. The van der Waals surface area contributed by atoms with E-state index in [4.69, 9.17) is 0 Å². The van der Waals surface area contributed by atoms with Gasteiger partial charge in [-0.15, -0.1) is 5.10 Å². The van der Waals surface area contributed by atoms with E-state index < -0.39 is 0 Å². The van der Waals surface area contributed by atoms with Gasteiger partial charge >= 0.3 is 0 Å². The second-order valence-electron chi connectivity index (χ2n) is 6.12. The van der Waals surface area contributed by atoms with Gasteiger partial charge in [-0.05, 0) is 48.2 Å². The molecule has 1 heterocycles. The molecular formula is C19H20BrN5. The van der Waals surface area contributed by atoms with Crippen LogP contribution < -0.4 is 10.6 Å². The van der Waals surface area contributed by atoms with E-state index in [1.54, 1.807) is 6.20 Å². The van der Waals surface area contributed by atoms with Crippen molar-refractivity contribution >= 4 is 39.1 Å². The lowest BCUT2D eigenvalue weighted by Crippen LogP contribution is -2.04. The Morgan fingerprint density at radius 2 is 1.80 bits per heavy atom. The molecule has 2 aromatic carbocycles. The fourth-order valence-electron chi connectivity index (χ4n) is 2.56. The van der Waals surface area contributed by atoms with E-state index in [1.165, 1.54) is 5.56 Å². The maximum Gasteiger partial charge on any atom is 0.249 e. The fraction of sp³-hybridized carbons (Fsp3) is 0.211. The Bertz CT molecular complexity index is 879. The lowest BCUT2D eigenvalue weighted by atomic mass is 10.0. The summed E-state index contributed by atoms with van der Waals surface area (Å²) in [7, 11) is 0. The van der Waals surface area contributed by atoms with E-state index >= 15 is 0 Å². The summed E-state index contributed by atoms with van der Waals surface area (Å²) in [4.78, 5) is 4.52. The molecule has 25 heavy (non-hydrogen) atoms. The maximum absolute atomic E-state index is 4.52. The molecule has 0 radical (unpaired) electrons. The Morgan fingerprint density at radius 1 is 1.00 bits per heavy atom. The van der Waals surface area contributed by atoms with Gasteiger partial charge in [-0.2, -0.15) is 10.1 Å². The van der Waals surface area contributed by atoms with Gasteiger partial charge in [-0.25, -0.2) is 0 Å². The third-order valence-electron chi connectivity index (χ3n) is 3.84. The zero-order valence-electron chi connectivity index (χ0n) is 14.4. The molecule has 5 nitrogen and oxygen atoms in total. The number of hydrogen-bond acceptors (Lipinski definition) is 5. The Hall–Kier alpha value is -2.47. The van der Waals surface area contributed by atoms with Gasteiger partial charge < -0.3 is 10.6 Å². The minimum absolute atomic E-state index is 0.418. The fourth-order valence-corrected chi connectivity index (χ4v) is 3.03. The van der Waals surface area contributed by atoms with E-state index in [0.29, 0.717) is 17.7 Å². The number of benzene rings is 2. The number of hydrogen-bond donors (Lipinski definition) is 2. The van der Waals surface area contributed by atoms with Gasteiger partial charge in [0.25, 0.3) is 0 Å². The summed E-state index contributed by atoms with van der Waals surface area (Å²) >= 11 is 3.47. The van der Waals surface area contributed by atoms with Crippen LogP contribution in [0, 0.1) is 6.92 Å². The third kappa shape index (κ3) is 4.33. The second kappa shape index (κ2) is 7.61. The molecule has 2 N–H and O–H groups in total. The van der Waals surface area contributed by atoms with Crippen molar-refractivity contribution in [3.8, 4) is 0 Å². The van der Waals surface area contributed by atoms with E-state index in [2.05, 4.69) is 61.7 Å². The summed E-state index contributed by atoms with van der Waals surface area (Å²) in [5.74, 6) is 1.53. The first-order chi connectivity index (χ1) is 12.0. The van der Waals surface area contributed by atoms with Crippen molar-refractivity contribution in [2.24, 2.45) is 0 Å². The molecule has 0 atom stereocenters. The van der Waals surface area contributed by atoms with E-state index in [1.807, 2.05) is 43.3 Å². The van der Waals surface area contributed by atoms with Gasteiger partial charge in [0, 0.05) is 15.8 Å². The summed E-state index contributed by atoms with van der Waals surface area (Å²) in [6.07, 6.45) is 1.62. The quantitative estimate of drug-likeness (QED) is 0.590. The van der Waals surface area contributed by atoms with Crippen LogP contribution in [0.3, 0.4) is 0 Å². The van der Waals surface area contributed by atoms with Crippen LogP contribution in [0.1, 0.15) is 30.9 Å². The average Bonchev–Trinajstić information content (AvgIpc) is 2.58. The molecule has 0 spiro atoms. The molecule has 0 fully saturated rings. The molecule has 128 valence electrons. The van der Waals surface area contributed by atoms with Crippen molar-refractivity contribution in [1.82, 2.24) is 15.2 Å². The number of nitrogens with one attached hydrogen (secondary N) is 2. The molecule has 0 aliphatic heterocycles. The molecule has 0 amide bonds. The minimum atomic E-state index is 0.418. The highest BCUT2D eigenvalue weighted by Gasteiger charge is 2.08. The molecule has 3 rings (SSSR count). The van der Waals surface area contributed by atoms with Crippen LogP contribution in [0.25, 0.3) is 0 Å². The molecule has 0 aliphatic carbocycles. The van der Waals surface area contributed by atoms with Crippen molar-refractivity contribution in [3.63, 3.8) is 0 Å². The average molecular weight is 398 g/mol. The van der Waals surface area contributed by atoms with Crippen LogP contribution in [0.4, 0.5) is 23.1 Å². The van der Waals surface area contributed by atoms with Crippen molar-refractivity contribution < 1.29 is 0 Å². The predicted octanol–water partition coefficient (Wildman–Crippen LogP) is 5.55. The monoisotopic (exact) mass is 397 g/mol. The normalized spacial score (nSPS) is 10.8. The number of para-hydroxylation sites is 1. The number of nitrogens with zero attached hydrogens (tertiary/aromatic N) is 3. The molecule has 0 saturated carbocycles. The van der Waals surface area contributed by atoms with Gasteiger partial charge in [0.05, 0.1) is 6.20 Å². The molecule has 0 bridgehead atoms. The first-order valence-corrected chi connectivity index (χ1v) is 8.91. The van der Waals surface area contributed by atoms with Crippen LogP contribution in [0.5, 0.6) is 0 Å². The maximum atomic E-state index is 4.52. The Kier molecular flexibility index (Phi) is 5.28. The highest BCUT2D eigenvalue weighted by molar-refractivity contribution is 9.10. The summed E-state index contributed by atoms with van der Waals surface area (Å²) in [6, 6.07) is 14.2. The van der Waals surface area contributed by atoms with Gasteiger partial charge in [-0.3, -0.25) is 0 Å². The molecule has 0 saturated heterocycles. The van der Waals surface area contributed by atoms with Crippen molar-refractivity contribution in [2.45, 2.75) is 26.7 Å². The van der Waals surface area contributed by atoms with E-state index in [0.717, 1.165) is 21.4 Å². The van der Waals surface area contributed by atoms with Crippen molar-refractivity contribution in [1.29, 1.82) is 0 Å². The lowest BCUT2D eigenvalue weighted by molar-refractivity contribution is 0.868. The van der Waals surface area contributed by atoms with Crippen LogP contribution >= 0.6 is 15.9 Å². The third-order valence-corrected chi connectivity index (χ3v) is 4.33. The Labute approximate surface area is 156 Å². The van der Waals surface area contributed by atoms with Crippen molar-refractivity contribution in [3.05, 3.63) is 64.3 Å². The number of aromatic nitrogens is 3. The summed E-state index contributed by atoms with van der Waals surface area (Å²) in [5, 5.41) is 14.7. The topological polar surface area (TPSA) is 62.7 Å². The highest BCUT2D eigenvalue weighted by atomic mass is 79.9. The van der Waals surface area contributed by atoms with Crippen LogP contribution in [-0.4, -0.2) is 15.2 Å². The number of anilines is 4. The summed E-state index contributed by atoms with van der Waals surface area (Å²) < 4.78 is 1.04. The number of aryl methyl sites for hydroxylation is 1. The first-order valence-electron chi connectivity index (χ1n) is 8.12. The summed E-state index contributed by atoms with van der Waals surface area (Å²) in [6.45, 7) is 6.37.